The van der Waals surface area contributed by atoms with Crippen LogP contribution >= 0.6 is 11.6 Å². The van der Waals surface area contributed by atoms with Gasteiger partial charge in [0.1, 0.15) is 11.6 Å². The van der Waals surface area contributed by atoms with E-state index in [9.17, 15) is 4.39 Å². The molecule has 3 aromatic rings. The van der Waals surface area contributed by atoms with Crippen LogP contribution in [-0.4, -0.2) is 9.55 Å². The fourth-order valence-electron chi connectivity index (χ4n) is 2.23. The van der Waals surface area contributed by atoms with Crippen molar-refractivity contribution in [3.8, 4) is 11.3 Å². The summed E-state index contributed by atoms with van der Waals surface area (Å²) in [4.78, 5) is 4.36. The Hall–Kier alpha value is -2.11. The first kappa shape index (κ1) is 13.9. The molecule has 0 saturated heterocycles. The highest BCUT2D eigenvalue weighted by Crippen LogP contribution is 2.30. The number of hydrogen-bond donors (Lipinski definition) is 1. The van der Waals surface area contributed by atoms with Crippen LogP contribution in [0.4, 0.5) is 4.39 Å². The first-order valence-electron chi connectivity index (χ1n) is 6.41. The van der Waals surface area contributed by atoms with Crippen LogP contribution in [0.2, 0.25) is 5.02 Å². The van der Waals surface area contributed by atoms with Gasteiger partial charge >= 0.3 is 0 Å². The molecule has 0 aliphatic carbocycles. The van der Waals surface area contributed by atoms with Gasteiger partial charge in [-0.3, -0.25) is 0 Å². The standard InChI is InChI=1S/C15H13ClFN3O/c16-13-6-10(17)3-4-12(13)15-14(7-18)20(9-19-15)8-11-2-1-5-21-11/h1-6,9H,7-8,18H2. The number of imidazole rings is 1. The summed E-state index contributed by atoms with van der Waals surface area (Å²) in [5.41, 5.74) is 7.98. The summed E-state index contributed by atoms with van der Waals surface area (Å²) in [5, 5.41) is 0.313. The van der Waals surface area contributed by atoms with Crippen LogP contribution in [-0.2, 0) is 13.1 Å². The zero-order valence-corrected chi connectivity index (χ0v) is 11.8. The smallest absolute Gasteiger partial charge is 0.124 e. The molecule has 0 amide bonds. The average Bonchev–Trinajstić information content (AvgIpc) is 3.09. The predicted molar refractivity (Wildman–Crippen MR) is 78.3 cm³/mol. The molecule has 0 bridgehead atoms. The molecule has 108 valence electrons. The van der Waals surface area contributed by atoms with E-state index in [0.717, 1.165) is 11.5 Å². The highest BCUT2D eigenvalue weighted by molar-refractivity contribution is 6.33. The number of aromatic nitrogens is 2. The van der Waals surface area contributed by atoms with Gasteiger partial charge in [0.25, 0.3) is 0 Å². The molecule has 2 aromatic heterocycles. The third kappa shape index (κ3) is 2.70. The number of nitrogens with two attached hydrogens (primary N) is 1. The lowest BCUT2D eigenvalue weighted by atomic mass is 10.1. The minimum absolute atomic E-state index is 0.295. The van der Waals surface area contributed by atoms with Crippen molar-refractivity contribution in [1.82, 2.24) is 9.55 Å². The van der Waals surface area contributed by atoms with Crippen molar-refractivity contribution in [3.05, 3.63) is 65.2 Å². The molecule has 2 N–H and O–H groups in total. The quantitative estimate of drug-likeness (QED) is 0.803. The molecule has 0 unspecified atom stereocenters. The van der Waals surface area contributed by atoms with Gasteiger partial charge in [0, 0.05) is 12.1 Å². The van der Waals surface area contributed by atoms with Crippen molar-refractivity contribution in [2.45, 2.75) is 13.1 Å². The van der Waals surface area contributed by atoms with E-state index in [2.05, 4.69) is 4.98 Å². The molecular weight excluding hydrogens is 293 g/mol. The first-order valence-corrected chi connectivity index (χ1v) is 6.78. The largest absolute Gasteiger partial charge is 0.467 e. The molecule has 0 radical (unpaired) electrons. The highest BCUT2D eigenvalue weighted by atomic mass is 35.5. The Labute approximate surface area is 126 Å². The van der Waals surface area contributed by atoms with E-state index < -0.39 is 0 Å². The van der Waals surface area contributed by atoms with Gasteiger partial charge in [-0.25, -0.2) is 9.37 Å². The third-order valence-electron chi connectivity index (χ3n) is 3.23. The van der Waals surface area contributed by atoms with E-state index in [1.165, 1.54) is 12.1 Å². The molecule has 1 aromatic carbocycles. The number of nitrogens with zero attached hydrogens (tertiary/aromatic N) is 2. The Morgan fingerprint density at radius 3 is 2.86 bits per heavy atom. The molecule has 2 heterocycles. The second-order valence-corrected chi connectivity index (χ2v) is 4.98. The fourth-order valence-corrected chi connectivity index (χ4v) is 2.49. The molecule has 0 fully saturated rings. The van der Waals surface area contributed by atoms with E-state index in [-0.39, 0.29) is 5.82 Å². The maximum Gasteiger partial charge on any atom is 0.124 e. The lowest BCUT2D eigenvalue weighted by Crippen LogP contribution is -2.08. The number of benzene rings is 1. The molecule has 0 saturated carbocycles. The van der Waals surface area contributed by atoms with Crippen LogP contribution < -0.4 is 5.73 Å². The van der Waals surface area contributed by atoms with Crippen molar-refractivity contribution >= 4 is 11.6 Å². The van der Waals surface area contributed by atoms with Crippen LogP contribution in [0, 0.1) is 5.82 Å². The second-order valence-electron chi connectivity index (χ2n) is 4.58. The van der Waals surface area contributed by atoms with E-state index in [1.807, 2.05) is 16.7 Å². The first-order chi connectivity index (χ1) is 10.2. The number of halogens is 2. The summed E-state index contributed by atoms with van der Waals surface area (Å²) < 4.78 is 20.4. The molecule has 0 aliphatic rings. The second kappa shape index (κ2) is 5.71. The summed E-state index contributed by atoms with van der Waals surface area (Å²) >= 11 is 6.10. The summed E-state index contributed by atoms with van der Waals surface area (Å²) in [6.07, 6.45) is 3.30. The minimum atomic E-state index is -0.381. The summed E-state index contributed by atoms with van der Waals surface area (Å²) in [5.74, 6) is 0.423. The van der Waals surface area contributed by atoms with Gasteiger partial charge in [0.05, 0.1) is 35.5 Å². The molecule has 6 heteroatoms. The monoisotopic (exact) mass is 305 g/mol. The zero-order valence-electron chi connectivity index (χ0n) is 11.1. The average molecular weight is 306 g/mol. The van der Waals surface area contributed by atoms with Gasteiger partial charge < -0.3 is 14.7 Å². The Bertz CT molecular complexity index is 752. The summed E-state index contributed by atoms with van der Waals surface area (Å²) in [7, 11) is 0. The molecule has 0 aliphatic heterocycles. The molecule has 4 nitrogen and oxygen atoms in total. The van der Waals surface area contributed by atoms with Gasteiger partial charge in [0.15, 0.2) is 0 Å². The van der Waals surface area contributed by atoms with Crippen molar-refractivity contribution in [2.75, 3.05) is 0 Å². The molecular formula is C15H13ClFN3O. The van der Waals surface area contributed by atoms with Crippen LogP contribution in [0.25, 0.3) is 11.3 Å². The Balaban J connectivity index is 2.01. The molecule has 0 spiro atoms. The van der Waals surface area contributed by atoms with Crippen LogP contribution in [0.5, 0.6) is 0 Å². The molecule has 3 rings (SSSR count). The van der Waals surface area contributed by atoms with Crippen molar-refractivity contribution in [1.29, 1.82) is 0 Å². The summed E-state index contributed by atoms with van der Waals surface area (Å²) in [6, 6.07) is 7.93. The molecule has 0 atom stereocenters. The van der Waals surface area contributed by atoms with Crippen molar-refractivity contribution < 1.29 is 8.81 Å². The van der Waals surface area contributed by atoms with Gasteiger partial charge in [0.2, 0.25) is 0 Å². The zero-order chi connectivity index (χ0) is 14.8. The van der Waals surface area contributed by atoms with Gasteiger partial charge in [-0.2, -0.15) is 0 Å². The SMILES string of the molecule is NCc1c(-c2ccc(F)cc2Cl)ncn1Cc1ccco1. The van der Waals surface area contributed by atoms with E-state index in [0.29, 0.717) is 29.4 Å². The predicted octanol–water partition coefficient (Wildman–Crippen LogP) is 3.44. The van der Waals surface area contributed by atoms with E-state index >= 15 is 0 Å². The van der Waals surface area contributed by atoms with Crippen LogP contribution in [0.15, 0.2) is 47.3 Å². The Morgan fingerprint density at radius 2 is 2.19 bits per heavy atom. The lowest BCUT2D eigenvalue weighted by molar-refractivity contribution is 0.489. The van der Waals surface area contributed by atoms with Gasteiger partial charge in [-0.15, -0.1) is 0 Å². The van der Waals surface area contributed by atoms with Gasteiger partial charge in [-0.1, -0.05) is 11.6 Å². The third-order valence-corrected chi connectivity index (χ3v) is 3.54. The van der Waals surface area contributed by atoms with Crippen molar-refractivity contribution in [3.63, 3.8) is 0 Å². The molecule has 21 heavy (non-hydrogen) atoms. The summed E-state index contributed by atoms with van der Waals surface area (Å²) in [6.45, 7) is 0.828. The minimum Gasteiger partial charge on any atom is -0.467 e. The number of hydrogen-bond acceptors (Lipinski definition) is 3. The number of furan rings is 1. The normalized spacial score (nSPS) is 11.0. The maximum atomic E-state index is 13.2. The fraction of sp³-hybridized carbons (Fsp3) is 0.133. The van der Waals surface area contributed by atoms with E-state index in [1.54, 1.807) is 18.7 Å². The van der Waals surface area contributed by atoms with E-state index in [4.69, 9.17) is 21.8 Å². The van der Waals surface area contributed by atoms with Crippen LogP contribution in [0.1, 0.15) is 11.5 Å². The topological polar surface area (TPSA) is 57.0 Å². The van der Waals surface area contributed by atoms with Crippen LogP contribution in [0.3, 0.4) is 0 Å². The van der Waals surface area contributed by atoms with Crippen molar-refractivity contribution in [2.24, 2.45) is 5.73 Å². The maximum absolute atomic E-state index is 13.2. The Kier molecular flexibility index (Phi) is 3.77. The van der Waals surface area contributed by atoms with Gasteiger partial charge in [-0.05, 0) is 30.3 Å². The highest BCUT2D eigenvalue weighted by Gasteiger charge is 2.15. The Morgan fingerprint density at radius 1 is 1.33 bits per heavy atom. The lowest BCUT2D eigenvalue weighted by Gasteiger charge is -2.08. The number of rotatable bonds is 4.